The number of nitrogens with zero attached hydrogens (tertiary/aromatic N) is 6. The molecule has 0 saturated carbocycles. The molecule has 5 rings (SSSR count). The molecule has 1 aromatic carbocycles. The number of aliphatic hydroxyl groups excluding tert-OH is 1. The first-order valence-corrected chi connectivity index (χ1v) is 13.5. The summed E-state index contributed by atoms with van der Waals surface area (Å²) in [6, 6.07) is 3.04. The molecule has 212 valence electrons. The minimum absolute atomic E-state index is 0.121. The van der Waals surface area contributed by atoms with Crippen LogP contribution in [-0.2, 0) is 16.1 Å². The number of carbonyl (C=O) groups is 1. The Hall–Kier alpha value is -3.88. The lowest BCUT2D eigenvalue weighted by Crippen LogP contribution is -2.44. The van der Waals surface area contributed by atoms with E-state index in [0.717, 1.165) is 15.9 Å². The van der Waals surface area contributed by atoms with E-state index in [1.165, 1.54) is 52.0 Å². The van der Waals surface area contributed by atoms with Gasteiger partial charge >= 0.3 is 5.69 Å². The van der Waals surface area contributed by atoms with Crippen LogP contribution >= 0.6 is 11.3 Å². The van der Waals surface area contributed by atoms with Gasteiger partial charge in [-0.15, -0.1) is 4.80 Å². The van der Waals surface area contributed by atoms with Gasteiger partial charge in [0, 0.05) is 37.9 Å². The number of aromatic nitrogens is 5. The van der Waals surface area contributed by atoms with E-state index >= 15 is 0 Å². The van der Waals surface area contributed by atoms with Crippen molar-refractivity contribution in [3.8, 4) is 10.8 Å². The first-order chi connectivity index (χ1) is 19.3. The largest absolute Gasteiger partial charge is 0.496 e. The Labute approximate surface area is 231 Å². The minimum Gasteiger partial charge on any atom is -0.496 e. The SMILES string of the molecule is COc1ccc(F)cc1C(Cn1c(=O)n(C2CCN(C)C2=O)c(=O)c2c(C)c(-n3nccn3)sc21)OCCCO. The summed E-state index contributed by atoms with van der Waals surface area (Å²) in [6.07, 6.45) is 2.74. The second-order valence-electron chi connectivity index (χ2n) is 9.49. The van der Waals surface area contributed by atoms with Crippen molar-refractivity contribution in [1.82, 2.24) is 29.0 Å². The molecule has 1 aliphatic rings. The number of hydrogen-bond donors (Lipinski definition) is 1. The number of amides is 1. The summed E-state index contributed by atoms with van der Waals surface area (Å²) in [5, 5.41) is 18.5. The van der Waals surface area contributed by atoms with Crippen molar-refractivity contribution in [1.29, 1.82) is 0 Å². The van der Waals surface area contributed by atoms with E-state index in [1.54, 1.807) is 14.0 Å². The highest BCUT2D eigenvalue weighted by Crippen LogP contribution is 2.34. The second-order valence-corrected chi connectivity index (χ2v) is 10.5. The van der Waals surface area contributed by atoms with Gasteiger partial charge in [-0.1, -0.05) is 11.3 Å². The summed E-state index contributed by atoms with van der Waals surface area (Å²) in [4.78, 5) is 44.1. The molecule has 4 heterocycles. The summed E-state index contributed by atoms with van der Waals surface area (Å²) in [7, 11) is 3.07. The molecule has 1 N–H and O–H groups in total. The Morgan fingerprint density at radius 1 is 1.23 bits per heavy atom. The summed E-state index contributed by atoms with van der Waals surface area (Å²) in [6.45, 7) is 2.03. The topological polar surface area (TPSA) is 134 Å². The number of fused-ring (bicyclic) bond motifs is 1. The third kappa shape index (κ3) is 4.82. The van der Waals surface area contributed by atoms with Gasteiger partial charge in [0.15, 0.2) is 0 Å². The molecule has 3 aromatic heterocycles. The van der Waals surface area contributed by atoms with E-state index in [0.29, 0.717) is 46.1 Å². The van der Waals surface area contributed by atoms with Gasteiger partial charge in [0.2, 0.25) is 5.91 Å². The molecular formula is C26H29FN6O6S. The lowest BCUT2D eigenvalue weighted by atomic mass is 10.1. The molecule has 2 atom stereocenters. The number of hydrogen-bond acceptors (Lipinski definition) is 9. The molecular weight excluding hydrogens is 543 g/mol. The van der Waals surface area contributed by atoms with Crippen molar-refractivity contribution in [2.45, 2.75) is 38.5 Å². The Morgan fingerprint density at radius 3 is 2.62 bits per heavy atom. The number of halogens is 1. The maximum atomic E-state index is 14.4. The van der Waals surface area contributed by atoms with E-state index in [1.807, 2.05) is 0 Å². The van der Waals surface area contributed by atoms with Gasteiger partial charge in [-0.2, -0.15) is 10.2 Å². The van der Waals surface area contributed by atoms with Gasteiger partial charge < -0.3 is 19.5 Å². The maximum Gasteiger partial charge on any atom is 0.332 e. The number of thiophene rings is 1. The summed E-state index contributed by atoms with van der Waals surface area (Å²) >= 11 is 1.16. The normalized spacial score (nSPS) is 16.3. The molecule has 0 aliphatic carbocycles. The maximum absolute atomic E-state index is 14.4. The van der Waals surface area contributed by atoms with Gasteiger partial charge in [-0.3, -0.25) is 14.2 Å². The van der Waals surface area contributed by atoms with Gasteiger partial charge in [0.1, 0.15) is 33.5 Å². The zero-order valence-electron chi connectivity index (χ0n) is 22.2. The third-order valence-corrected chi connectivity index (χ3v) is 8.32. The molecule has 2 unspecified atom stereocenters. The van der Waals surface area contributed by atoms with Crippen molar-refractivity contribution in [2.75, 3.05) is 33.9 Å². The molecule has 0 bridgehead atoms. The fourth-order valence-corrected chi connectivity index (χ4v) is 6.22. The molecule has 1 saturated heterocycles. The van der Waals surface area contributed by atoms with Crippen LogP contribution in [0.5, 0.6) is 5.75 Å². The molecule has 4 aromatic rings. The van der Waals surface area contributed by atoms with Crippen LogP contribution in [0.25, 0.3) is 15.2 Å². The predicted octanol–water partition coefficient (Wildman–Crippen LogP) is 1.81. The monoisotopic (exact) mass is 572 g/mol. The van der Waals surface area contributed by atoms with Gasteiger partial charge in [0.05, 0.1) is 31.4 Å². The molecule has 12 nitrogen and oxygen atoms in total. The number of ether oxygens (including phenoxy) is 2. The average Bonchev–Trinajstić information content (AvgIpc) is 3.66. The van der Waals surface area contributed by atoms with E-state index in [2.05, 4.69) is 10.2 Å². The molecule has 40 heavy (non-hydrogen) atoms. The number of methoxy groups -OCH3 is 1. The first kappa shape index (κ1) is 27.7. The first-order valence-electron chi connectivity index (χ1n) is 12.7. The summed E-state index contributed by atoms with van der Waals surface area (Å²) in [5.74, 6) is -0.494. The number of aliphatic hydroxyl groups is 1. The lowest BCUT2D eigenvalue weighted by molar-refractivity contribution is -0.129. The van der Waals surface area contributed by atoms with Crippen molar-refractivity contribution >= 4 is 27.5 Å². The van der Waals surface area contributed by atoms with Crippen LogP contribution in [0.1, 0.15) is 36.1 Å². The Morgan fingerprint density at radius 2 is 1.98 bits per heavy atom. The van der Waals surface area contributed by atoms with Gasteiger partial charge in [0.25, 0.3) is 5.56 Å². The molecule has 0 spiro atoms. The fourth-order valence-electron chi connectivity index (χ4n) is 5.00. The number of aryl methyl sites for hydroxylation is 1. The molecule has 0 radical (unpaired) electrons. The number of benzene rings is 1. The highest BCUT2D eigenvalue weighted by molar-refractivity contribution is 7.21. The van der Waals surface area contributed by atoms with Crippen LogP contribution < -0.4 is 16.0 Å². The van der Waals surface area contributed by atoms with Crippen LogP contribution in [0.2, 0.25) is 0 Å². The molecule has 1 fully saturated rings. The molecule has 1 aliphatic heterocycles. The Bertz CT molecular complexity index is 1660. The van der Waals surface area contributed by atoms with Crippen molar-refractivity contribution in [3.63, 3.8) is 0 Å². The fraction of sp³-hybridized carbons (Fsp3) is 0.423. The minimum atomic E-state index is -0.955. The quantitative estimate of drug-likeness (QED) is 0.285. The number of likely N-dealkylation sites (N-methyl/N-ethyl adjacent to an activating group) is 1. The van der Waals surface area contributed by atoms with Crippen LogP contribution in [0, 0.1) is 12.7 Å². The van der Waals surface area contributed by atoms with E-state index in [9.17, 15) is 23.9 Å². The highest BCUT2D eigenvalue weighted by atomic mass is 32.1. The van der Waals surface area contributed by atoms with Crippen LogP contribution in [0.4, 0.5) is 4.39 Å². The van der Waals surface area contributed by atoms with E-state index < -0.39 is 29.2 Å². The Balaban J connectivity index is 1.75. The zero-order valence-corrected chi connectivity index (χ0v) is 23.1. The summed E-state index contributed by atoms with van der Waals surface area (Å²) in [5.41, 5.74) is -0.336. The van der Waals surface area contributed by atoms with Crippen LogP contribution in [-0.4, -0.2) is 74.0 Å². The van der Waals surface area contributed by atoms with Crippen molar-refractivity contribution < 1.29 is 23.8 Å². The van der Waals surface area contributed by atoms with E-state index in [-0.39, 0.29) is 31.1 Å². The number of rotatable bonds is 10. The van der Waals surface area contributed by atoms with Crippen LogP contribution in [0.15, 0.2) is 40.2 Å². The predicted molar refractivity (Wildman–Crippen MR) is 145 cm³/mol. The van der Waals surface area contributed by atoms with Gasteiger partial charge in [-0.05, 0) is 38.0 Å². The standard InChI is InChI=1S/C26H29FN6O6S/c1-15-21-23(36)32(18-7-10-30(2)22(18)35)26(37)31(25(21)40-24(15)33-28-8-9-29-33)14-20(39-12-4-11-34)17-13-16(27)5-6-19(17)38-3/h5-6,8-9,13,18,20,34H,4,7,10-12,14H2,1-3H3. The van der Waals surface area contributed by atoms with Crippen LogP contribution in [0.3, 0.4) is 0 Å². The average molecular weight is 573 g/mol. The molecule has 1 amide bonds. The summed E-state index contributed by atoms with van der Waals surface area (Å²) < 4.78 is 28.3. The third-order valence-electron chi connectivity index (χ3n) is 7.04. The molecule has 14 heteroatoms. The lowest BCUT2D eigenvalue weighted by Gasteiger charge is -2.23. The smallest absolute Gasteiger partial charge is 0.332 e. The van der Waals surface area contributed by atoms with E-state index in [4.69, 9.17) is 9.47 Å². The zero-order chi connectivity index (χ0) is 28.6. The number of likely N-dealkylation sites (tertiary alicyclic amines) is 1. The highest BCUT2D eigenvalue weighted by Gasteiger charge is 2.35. The number of carbonyl (C=O) groups excluding carboxylic acids is 1. The van der Waals surface area contributed by atoms with Crippen molar-refractivity contribution in [2.24, 2.45) is 0 Å². The Kier molecular flexibility index (Phi) is 7.83. The van der Waals surface area contributed by atoms with Gasteiger partial charge in [-0.25, -0.2) is 13.8 Å². The second kappa shape index (κ2) is 11.3. The van der Waals surface area contributed by atoms with Crippen molar-refractivity contribution in [3.05, 3.63) is 68.4 Å².